The van der Waals surface area contributed by atoms with E-state index < -0.39 is 6.03 Å². The van der Waals surface area contributed by atoms with Gasteiger partial charge in [0.25, 0.3) is 0 Å². The van der Waals surface area contributed by atoms with Crippen LogP contribution in [0.1, 0.15) is 29.2 Å². The molecule has 0 spiro atoms. The van der Waals surface area contributed by atoms with Crippen LogP contribution in [-0.4, -0.2) is 17.2 Å². The van der Waals surface area contributed by atoms with Gasteiger partial charge in [-0.2, -0.15) is 0 Å². The number of aryl methyl sites for hydroxylation is 2. The zero-order valence-corrected chi connectivity index (χ0v) is 12.8. The van der Waals surface area contributed by atoms with E-state index >= 15 is 0 Å². The maximum atomic E-state index is 11.7. The molecule has 3 N–H and O–H groups in total. The maximum absolute atomic E-state index is 11.7. The van der Waals surface area contributed by atoms with Crippen LogP contribution in [0.3, 0.4) is 0 Å². The Bertz CT molecular complexity index is 500. The van der Waals surface area contributed by atoms with Gasteiger partial charge in [-0.15, -0.1) is 11.8 Å². The number of imide groups is 1. The Morgan fingerprint density at radius 3 is 2.05 bits per heavy atom. The molecular weight excluding hydrogens is 260 g/mol. The number of nitrogens with one attached hydrogen (secondary N) is 1. The van der Waals surface area contributed by atoms with Crippen LogP contribution in [0.4, 0.5) is 4.79 Å². The average Bonchev–Trinajstić information content (AvgIpc) is 2.31. The summed E-state index contributed by atoms with van der Waals surface area (Å²) in [5.74, 6) is -0.365. The molecule has 0 bridgehead atoms. The summed E-state index contributed by atoms with van der Waals surface area (Å²) in [5, 5.41) is 1.74. The van der Waals surface area contributed by atoms with E-state index in [0.29, 0.717) is 0 Å². The lowest BCUT2D eigenvalue weighted by Gasteiger charge is -2.17. The van der Waals surface area contributed by atoms with Crippen molar-refractivity contribution in [3.63, 3.8) is 0 Å². The highest BCUT2D eigenvalue weighted by molar-refractivity contribution is 8.00. The first kappa shape index (κ1) is 15.6. The van der Waals surface area contributed by atoms with E-state index in [9.17, 15) is 9.59 Å². The van der Waals surface area contributed by atoms with E-state index in [1.54, 1.807) is 6.92 Å². The standard InChI is InChI=1S/C14H20N2O2S/c1-7-6-8(2)10(4)12(9(7)3)19-11(5)13(17)16-14(15)18/h6,11H,1-5H3,(H3,15,16,17,18)/t11-/m0/s1. The van der Waals surface area contributed by atoms with E-state index in [1.807, 2.05) is 13.8 Å². The average molecular weight is 280 g/mol. The highest BCUT2D eigenvalue weighted by Crippen LogP contribution is 2.33. The third kappa shape index (κ3) is 3.73. The molecule has 1 rings (SSSR count). The molecule has 1 aromatic rings. The van der Waals surface area contributed by atoms with E-state index in [0.717, 1.165) is 4.90 Å². The monoisotopic (exact) mass is 280 g/mol. The summed E-state index contributed by atoms with van der Waals surface area (Å²) in [6.45, 7) is 9.96. The maximum Gasteiger partial charge on any atom is 0.318 e. The van der Waals surface area contributed by atoms with Crippen molar-refractivity contribution in [2.45, 2.75) is 44.8 Å². The summed E-state index contributed by atoms with van der Waals surface area (Å²) in [7, 11) is 0. The van der Waals surface area contributed by atoms with Crippen molar-refractivity contribution in [2.24, 2.45) is 5.73 Å². The number of nitrogens with two attached hydrogens (primary N) is 1. The van der Waals surface area contributed by atoms with E-state index in [2.05, 4.69) is 25.2 Å². The third-order valence-electron chi connectivity index (χ3n) is 3.21. The Balaban J connectivity index is 3.00. The smallest absolute Gasteiger partial charge is 0.318 e. The van der Waals surface area contributed by atoms with Gasteiger partial charge in [-0.1, -0.05) is 6.07 Å². The van der Waals surface area contributed by atoms with Gasteiger partial charge in [0.05, 0.1) is 5.25 Å². The van der Waals surface area contributed by atoms with Crippen LogP contribution in [-0.2, 0) is 4.79 Å². The van der Waals surface area contributed by atoms with Crippen molar-refractivity contribution < 1.29 is 9.59 Å². The summed E-state index contributed by atoms with van der Waals surface area (Å²) in [6, 6.07) is 1.33. The van der Waals surface area contributed by atoms with Crippen LogP contribution in [0, 0.1) is 27.7 Å². The van der Waals surface area contributed by atoms with Crippen LogP contribution in [0.15, 0.2) is 11.0 Å². The fraction of sp³-hybridized carbons (Fsp3) is 0.429. The minimum Gasteiger partial charge on any atom is -0.351 e. The highest BCUT2D eigenvalue weighted by Gasteiger charge is 2.19. The third-order valence-corrected chi connectivity index (χ3v) is 4.62. The Kier molecular flexibility index (Phi) is 5.00. The Labute approximate surface area is 118 Å². The lowest BCUT2D eigenvalue weighted by atomic mass is 10.0. The van der Waals surface area contributed by atoms with Crippen molar-refractivity contribution in [3.05, 3.63) is 28.3 Å². The predicted octanol–water partition coefficient (Wildman–Crippen LogP) is 2.60. The highest BCUT2D eigenvalue weighted by atomic mass is 32.2. The van der Waals surface area contributed by atoms with E-state index in [-0.39, 0.29) is 11.2 Å². The molecular formula is C14H20N2O2S. The first-order chi connectivity index (χ1) is 8.73. The topological polar surface area (TPSA) is 72.2 Å². The normalized spacial score (nSPS) is 12.1. The van der Waals surface area contributed by atoms with Crippen molar-refractivity contribution >= 4 is 23.7 Å². The predicted molar refractivity (Wildman–Crippen MR) is 78.4 cm³/mol. The lowest BCUT2D eigenvalue weighted by Crippen LogP contribution is -2.39. The number of rotatable bonds is 3. The summed E-state index contributed by atoms with van der Waals surface area (Å²) in [6.07, 6.45) is 0. The molecule has 19 heavy (non-hydrogen) atoms. The number of hydrogen-bond acceptors (Lipinski definition) is 3. The van der Waals surface area contributed by atoms with E-state index in [1.165, 1.54) is 34.0 Å². The lowest BCUT2D eigenvalue weighted by molar-refractivity contribution is -0.119. The number of hydrogen-bond donors (Lipinski definition) is 2. The van der Waals surface area contributed by atoms with Crippen LogP contribution >= 0.6 is 11.8 Å². The number of carbonyl (C=O) groups excluding carboxylic acids is 2. The molecule has 0 aliphatic heterocycles. The molecule has 0 fully saturated rings. The number of primary amides is 1. The zero-order valence-electron chi connectivity index (χ0n) is 12.0. The molecule has 0 aromatic heterocycles. The fourth-order valence-electron chi connectivity index (χ4n) is 1.81. The first-order valence-corrected chi connectivity index (χ1v) is 6.96. The minimum absolute atomic E-state index is 0.365. The summed E-state index contributed by atoms with van der Waals surface area (Å²) in [5.41, 5.74) is 9.70. The van der Waals surface area contributed by atoms with Crippen LogP contribution in [0.5, 0.6) is 0 Å². The molecule has 1 aromatic carbocycles. The van der Waals surface area contributed by atoms with Gasteiger partial charge < -0.3 is 5.73 Å². The molecule has 5 heteroatoms. The molecule has 4 nitrogen and oxygen atoms in total. The number of carbonyl (C=O) groups is 2. The van der Waals surface area contributed by atoms with Crippen molar-refractivity contribution in [3.8, 4) is 0 Å². The number of amides is 3. The van der Waals surface area contributed by atoms with Gasteiger partial charge >= 0.3 is 6.03 Å². The Morgan fingerprint density at radius 1 is 1.16 bits per heavy atom. The molecule has 0 heterocycles. The van der Waals surface area contributed by atoms with Gasteiger partial charge in [0.1, 0.15) is 0 Å². The number of thioether (sulfide) groups is 1. The minimum atomic E-state index is -0.814. The summed E-state index contributed by atoms with van der Waals surface area (Å²) in [4.78, 5) is 23.5. The second-order valence-corrected chi connectivity index (χ2v) is 6.05. The molecule has 1 atom stereocenters. The largest absolute Gasteiger partial charge is 0.351 e. The van der Waals surface area contributed by atoms with Gasteiger partial charge in [-0.3, -0.25) is 10.1 Å². The van der Waals surface area contributed by atoms with Gasteiger partial charge in [0.15, 0.2) is 0 Å². The zero-order chi connectivity index (χ0) is 14.7. The molecule has 104 valence electrons. The molecule has 0 unspecified atom stereocenters. The number of urea groups is 1. The Morgan fingerprint density at radius 2 is 1.63 bits per heavy atom. The summed E-state index contributed by atoms with van der Waals surface area (Å²) < 4.78 is 0. The molecule has 0 aliphatic carbocycles. The van der Waals surface area contributed by atoms with Crippen molar-refractivity contribution in [1.29, 1.82) is 0 Å². The molecule has 3 amide bonds. The van der Waals surface area contributed by atoms with Gasteiger partial charge in [0, 0.05) is 4.90 Å². The van der Waals surface area contributed by atoms with Crippen molar-refractivity contribution in [1.82, 2.24) is 5.32 Å². The summed E-state index contributed by atoms with van der Waals surface area (Å²) >= 11 is 1.46. The second-order valence-electron chi connectivity index (χ2n) is 4.70. The molecule has 0 saturated carbocycles. The second kappa shape index (κ2) is 6.10. The molecule has 0 aliphatic rings. The Hall–Kier alpha value is -1.49. The molecule has 0 radical (unpaired) electrons. The van der Waals surface area contributed by atoms with Crippen LogP contribution in [0.25, 0.3) is 0 Å². The van der Waals surface area contributed by atoms with Crippen LogP contribution in [0.2, 0.25) is 0 Å². The molecule has 0 saturated heterocycles. The van der Waals surface area contributed by atoms with Crippen molar-refractivity contribution in [2.75, 3.05) is 0 Å². The number of benzene rings is 1. The fourth-order valence-corrected chi connectivity index (χ4v) is 3.01. The van der Waals surface area contributed by atoms with Gasteiger partial charge in [-0.25, -0.2) is 4.79 Å². The van der Waals surface area contributed by atoms with Crippen LogP contribution < -0.4 is 11.1 Å². The van der Waals surface area contributed by atoms with Gasteiger partial charge in [0.2, 0.25) is 5.91 Å². The first-order valence-electron chi connectivity index (χ1n) is 6.08. The quantitative estimate of drug-likeness (QED) is 0.836. The van der Waals surface area contributed by atoms with E-state index in [4.69, 9.17) is 5.73 Å². The SMILES string of the molecule is Cc1cc(C)c(C)c(S[C@@H](C)C(=O)NC(N)=O)c1C. The van der Waals surface area contributed by atoms with Gasteiger partial charge in [-0.05, 0) is 56.9 Å².